The molecule has 1 atom stereocenters. The highest BCUT2D eigenvalue weighted by atomic mass is 19.1. The van der Waals surface area contributed by atoms with Crippen molar-refractivity contribution in [3.63, 3.8) is 0 Å². The van der Waals surface area contributed by atoms with Gasteiger partial charge in [0.25, 0.3) is 0 Å². The fourth-order valence-electron chi connectivity index (χ4n) is 5.34. The van der Waals surface area contributed by atoms with E-state index in [0.29, 0.717) is 31.5 Å². The van der Waals surface area contributed by atoms with Gasteiger partial charge >= 0.3 is 0 Å². The summed E-state index contributed by atoms with van der Waals surface area (Å²) in [7, 11) is 1.93. The lowest BCUT2D eigenvalue weighted by Gasteiger charge is -2.39. The second-order valence-corrected chi connectivity index (χ2v) is 9.32. The lowest BCUT2D eigenvalue weighted by molar-refractivity contribution is -0.137. The molecule has 6 nitrogen and oxygen atoms in total. The van der Waals surface area contributed by atoms with Crippen molar-refractivity contribution in [3.8, 4) is 0 Å². The molecular weight excluding hydrogens is 395 g/mol. The van der Waals surface area contributed by atoms with Crippen LogP contribution in [-0.4, -0.2) is 85.9 Å². The Morgan fingerprint density at radius 1 is 0.935 bits per heavy atom. The number of piperazine rings is 1. The molecule has 3 saturated heterocycles. The molecule has 0 N–H and O–H groups in total. The van der Waals surface area contributed by atoms with E-state index in [1.165, 1.54) is 12.1 Å². The Hall–Kier alpha value is -2.15. The molecule has 170 valence electrons. The number of rotatable bonds is 4. The van der Waals surface area contributed by atoms with Gasteiger partial charge in [-0.05, 0) is 69.0 Å². The highest BCUT2D eigenvalue weighted by Gasteiger charge is 2.34. The van der Waals surface area contributed by atoms with Crippen LogP contribution in [-0.2, 0) is 9.59 Å². The molecule has 1 aromatic rings. The van der Waals surface area contributed by atoms with Crippen molar-refractivity contribution in [2.45, 2.75) is 32.1 Å². The zero-order valence-corrected chi connectivity index (χ0v) is 18.6. The predicted octanol–water partition coefficient (Wildman–Crippen LogP) is 2.44. The molecular formula is C24H35FN4O2. The van der Waals surface area contributed by atoms with Gasteiger partial charge in [0.05, 0.1) is 6.54 Å². The van der Waals surface area contributed by atoms with Crippen molar-refractivity contribution >= 4 is 17.5 Å². The van der Waals surface area contributed by atoms with Crippen molar-refractivity contribution in [3.05, 3.63) is 30.1 Å². The maximum atomic E-state index is 13.1. The third-order valence-electron chi connectivity index (χ3n) is 7.34. The molecule has 4 rings (SSSR count). The molecule has 1 unspecified atom stereocenters. The molecule has 0 saturated carbocycles. The Balaban J connectivity index is 1.21. The zero-order chi connectivity index (χ0) is 21.8. The first-order valence-electron chi connectivity index (χ1n) is 11.8. The smallest absolute Gasteiger partial charge is 0.236 e. The lowest BCUT2D eigenvalue weighted by atomic mass is 9.81. The first-order valence-corrected chi connectivity index (χ1v) is 11.8. The van der Waals surface area contributed by atoms with E-state index in [1.807, 2.05) is 16.8 Å². The van der Waals surface area contributed by atoms with Crippen LogP contribution in [0.25, 0.3) is 0 Å². The number of carbonyl (C=O) groups excluding carboxylic acids is 2. The molecule has 3 aliphatic rings. The summed E-state index contributed by atoms with van der Waals surface area (Å²) in [5.74, 6) is 0.925. The van der Waals surface area contributed by atoms with E-state index < -0.39 is 0 Å². The molecule has 0 aromatic heterocycles. The molecule has 3 aliphatic heterocycles. The van der Waals surface area contributed by atoms with Crippen LogP contribution in [0.3, 0.4) is 0 Å². The van der Waals surface area contributed by atoms with Crippen molar-refractivity contribution in [2.75, 3.05) is 64.3 Å². The quantitative estimate of drug-likeness (QED) is 0.736. The fourth-order valence-corrected chi connectivity index (χ4v) is 5.34. The van der Waals surface area contributed by atoms with Gasteiger partial charge in [-0.2, -0.15) is 0 Å². The normalized spacial score (nSPS) is 24.4. The number of hydrogen-bond donors (Lipinski definition) is 0. The van der Waals surface area contributed by atoms with Gasteiger partial charge in [-0.1, -0.05) is 6.42 Å². The molecule has 3 heterocycles. The van der Waals surface area contributed by atoms with E-state index in [4.69, 9.17) is 0 Å². The second-order valence-electron chi connectivity index (χ2n) is 9.32. The van der Waals surface area contributed by atoms with Gasteiger partial charge in [-0.25, -0.2) is 4.39 Å². The molecule has 3 fully saturated rings. The van der Waals surface area contributed by atoms with E-state index in [2.05, 4.69) is 9.80 Å². The van der Waals surface area contributed by atoms with Crippen LogP contribution in [0.2, 0.25) is 0 Å². The van der Waals surface area contributed by atoms with Gasteiger partial charge in [-0.15, -0.1) is 0 Å². The number of hydrogen-bond acceptors (Lipinski definition) is 4. The van der Waals surface area contributed by atoms with Crippen LogP contribution in [0.5, 0.6) is 0 Å². The molecule has 2 amide bonds. The van der Waals surface area contributed by atoms with E-state index in [0.717, 1.165) is 70.5 Å². The van der Waals surface area contributed by atoms with Crippen molar-refractivity contribution in [2.24, 2.45) is 11.8 Å². The van der Waals surface area contributed by atoms with E-state index in [1.54, 1.807) is 12.1 Å². The molecule has 1 aromatic carbocycles. The van der Waals surface area contributed by atoms with Gasteiger partial charge in [-0.3, -0.25) is 14.5 Å². The Morgan fingerprint density at radius 3 is 2.29 bits per heavy atom. The van der Waals surface area contributed by atoms with Crippen molar-refractivity contribution in [1.82, 2.24) is 14.7 Å². The average molecular weight is 431 g/mol. The van der Waals surface area contributed by atoms with E-state index in [-0.39, 0.29) is 17.6 Å². The van der Waals surface area contributed by atoms with Crippen molar-refractivity contribution in [1.29, 1.82) is 0 Å². The molecule has 31 heavy (non-hydrogen) atoms. The van der Waals surface area contributed by atoms with Crippen LogP contribution < -0.4 is 4.90 Å². The Morgan fingerprint density at radius 2 is 1.61 bits per heavy atom. The van der Waals surface area contributed by atoms with Crippen LogP contribution in [0.15, 0.2) is 24.3 Å². The third-order valence-corrected chi connectivity index (χ3v) is 7.34. The molecule has 0 spiro atoms. The number of benzene rings is 1. The zero-order valence-electron chi connectivity index (χ0n) is 18.6. The van der Waals surface area contributed by atoms with E-state index in [9.17, 15) is 14.0 Å². The number of amides is 2. The third kappa shape index (κ3) is 5.37. The number of likely N-dealkylation sites (tertiary alicyclic amines) is 2. The van der Waals surface area contributed by atoms with Gasteiger partial charge in [0.15, 0.2) is 0 Å². The van der Waals surface area contributed by atoms with Crippen LogP contribution in [0, 0.1) is 17.7 Å². The minimum atomic E-state index is -0.225. The highest BCUT2D eigenvalue weighted by molar-refractivity contribution is 5.79. The number of nitrogens with zero attached hydrogens (tertiary/aromatic N) is 4. The van der Waals surface area contributed by atoms with Gasteiger partial charge in [0.1, 0.15) is 5.82 Å². The summed E-state index contributed by atoms with van der Waals surface area (Å²) >= 11 is 0. The summed E-state index contributed by atoms with van der Waals surface area (Å²) in [6, 6.07) is 6.57. The minimum Gasteiger partial charge on any atom is -0.368 e. The summed E-state index contributed by atoms with van der Waals surface area (Å²) < 4.78 is 13.1. The van der Waals surface area contributed by atoms with E-state index >= 15 is 0 Å². The summed E-state index contributed by atoms with van der Waals surface area (Å²) in [5, 5.41) is 0. The number of halogens is 1. The maximum Gasteiger partial charge on any atom is 0.236 e. The summed E-state index contributed by atoms with van der Waals surface area (Å²) in [4.78, 5) is 33.9. The Labute approximate surface area is 185 Å². The van der Waals surface area contributed by atoms with Crippen LogP contribution in [0.1, 0.15) is 32.1 Å². The predicted molar refractivity (Wildman–Crippen MR) is 119 cm³/mol. The highest BCUT2D eigenvalue weighted by Crippen LogP contribution is 2.31. The Kier molecular flexibility index (Phi) is 7.10. The van der Waals surface area contributed by atoms with Crippen LogP contribution >= 0.6 is 0 Å². The standard InChI is InChI=1S/C24H35FN4O2/c1-26-11-3-2-4-22(24(26)31)19-9-12-27(13-10-19)18-23(30)29-16-14-28(15-17-29)21-7-5-20(25)6-8-21/h5-8,19,22H,2-4,9-18H2,1H3. The van der Waals surface area contributed by atoms with Gasteiger partial charge < -0.3 is 14.7 Å². The average Bonchev–Trinajstić information content (AvgIpc) is 2.96. The molecule has 0 radical (unpaired) electrons. The van der Waals surface area contributed by atoms with Crippen molar-refractivity contribution < 1.29 is 14.0 Å². The Bertz CT molecular complexity index is 755. The number of piperidine rings is 1. The molecule has 0 aliphatic carbocycles. The topological polar surface area (TPSA) is 47.1 Å². The first kappa shape index (κ1) is 22.1. The minimum absolute atomic E-state index is 0.171. The lowest BCUT2D eigenvalue weighted by Crippen LogP contribution is -2.52. The fraction of sp³-hybridized carbons (Fsp3) is 0.667. The SMILES string of the molecule is CN1CCCCC(C2CCN(CC(=O)N3CCN(c4ccc(F)cc4)CC3)CC2)C1=O. The largest absolute Gasteiger partial charge is 0.368 e. The molecule has 7 heteroatoms. The van der Waals surface area contributed by atoms with Gasteiger partial charge in [0.2, 0.25) is 11.8 Å². The van der Waals surface area contributed by atoms with Crippen LogP contribution in [0.4, 0.5) is 10.1 Å². The number of carbonyl (C=O) groups is 2. The number of anilines is 1. The van der Waals surface area contributed by atoms with Gasteiger partial charge in [0, 0.05) is 51.4 Å². The summed E-state index contributed by atoms with van der Waals surface area (Å²) in [6.45, 7) is 6.12. The summed E-state index contributed by atoms with van der Waals surface area (Å²) in [5.41, 5.74) is 1.01. The maximum absolute atomic E-state index is 13.1. The first-order chi connectivity index (χ1) is 15.0. The second kappa shape index (κ2) is 9.98. The summed E-state index contributed by atoms with van der Waals surface area (Å²) in [6.07, 6.45) is 5.29. The molecule has 0 bridgehead atoms. The monoisotopic (exact) mass is 430 g/mol.